The minimum absolute atomic E-state index is 0.204. The fraction of sp³-hybridized carbons (Fsp3) is 0.462. The van der Waals surface area contributed by atoms with Gasteiger partial charge >= 0.3 is 5.97 Å². The summed E-state index contributed by atoms with van der Waals surface area (Å²) in [6.07, 6.45) is 2.09. The van der Waals surface area contributed by atoms with Crippen LogP contribution in [0.2, 0.25) is 0 Å². The molecule has 1 atom stereocenters. The van der Waals surface area contributed by atoms with Crippen LogP contribution in [0, 0.1) is 11.8 Å². The minimum Gasteiger partial charge on any atom is -0.464 e. The number of halogens is 2. The lowest BCUT2D eigenvalue weighted by molar-refractivity contribution is -0.147. The average molecular weight is 284 g/mol. The number of ether oxygens (including phenoxy) is 1. The van der Waals surface area contributed by atoms with Gasteiger partial charge in [-0.3, -0.25) is 4.79 Å². The van der Waals surface area contributed by atoms with Crippen molar-refractivity contribution in [1.82, 2.24) is 9.88 Å². The maximum absolute atomic E-state index is 13.6. The second-order valence-electron chi connectivity index (χ2n) is 4.37. The van der Waals surface area contributed by atoms with Crippen LogP contribution in [0.4, 0.5) is 8.78 Å². The Morgan fingerprint density at radius 3 is 2.95 bits per heavy atom. The highest BCUT2D eigenvalue weighted by Gasteiger charge is 2.36. The van der Waals surface area contributed by atoms with E-state index in [-0.39, 0.29) is 6.61 Å². The van der Waals surface area contributed by atoms with E-state index in [9.17, 15) is 18.4 Å². The SMILES string of the molecule is CCOC(=O)C1CCCN1C(=O)c1ccnc(F)c1F. The van der Waals surface area contributed by atoms with Crippen LogP contribution < -0.4 is 0 Å². The number of amides is 1. The maximum Gasteiger partial charge on any atom is 0.328 e. The fourth-order valence-corrected chi connectivity index (χ4v) is 2.23. The Bertz CT molecular complexity index is 536. The van der Waals surface area contributed by atoms with E-state index < -0.39 is 35.2 Å². The van der Waals surface area contributed by atoms with Crippen molar-refractivity contribution in [2.75, 3.05) is 13.2 Å². The molecule has 5 nitrogen and oxygen atoms in total. The van der Waals surface area contributed by atoms with Gasteiger partial charge in [-0.1, -0.05) is 0 Å². The molecule has 0 aromatic carbocycles. The molecule has 2 rings (SSSR count). The van der Waals surface area contributed by atoms with Crippen LogP contribution in [0.3, 0.4) is 0 Å². The second kappa shape index (κ2) is 5.94. The van der Waals surface area contributed by atoms with Gasteiger partial charge in [-0.2, -0.15) is 4.39 Å². The molecule has 1 aliphatic heterocycles. The number of carbonyl (C=O) groups is 2. The van der Waals surface area contributed by atoms with E-state index in [2.05, 4.69) is 4.98 Å². The molecule has 1 fully saturated rings. The molecule has 20 heavy (non-hydrogen) atoms. The van der Waals surface area contributed by atoms with E-state index in [1.54, 1.807) is 6.92 Å². The molecule has 0 spiro atoms. The summed E-state index contributed by atoms with van der Waals surface area (Å²) in [7, 11) is 0. The van der Waals surface area contributed by atoms with E-state index in [0.29, 0.717) is 19.4 Å². The number of hydrogen-bond donors (Lipinski definition) is 0. The Kier molecular flexibility index (Phi) is 4.26. The number of hydrogen-bond acceptors (Lipinski definition) is 4. The molecule has 1 aromatic rings. The van der Waals surface area contributed by atoms with Crippen LogP contribution in [0.5, 0.6) is 0 Å². The van der Waals surface area contributed by atoms with Crippen molar-refractivity contribution in [3.05, 3.63) is 29.6 Å². The third kappa shape index (κ3) is 2.61. The van der Waals surface area contributed by atoms with Gasteiger partial charge < -0.3 is 9.64 Å². The van der Waals surface area contributed by atoms with Gasteiger partial charge in [0.25, 0.3) is 5.91 Å². The van der Waals surface area contributed by atoms with E-state index >= 15 is 0 Å². The van der Waals surface area contributed by atoms with Crippen molar-refractivity contribution in [3.63, 3.8) is 0 Å². The topological polar surface area (TPSA) is 59.5 Å². The Balaban J connectivity index is 2.23. The van der Waals surface area contributed by atoms with Crippen molar-refractivity contribution in [1.29, 1.82) is 0 Å². The van der Waals surface area contributed by atoms with Gasteiger partial charge in [0.1, 0.15) is 6.04 Å². The normalized spacial score (nSPS) is 18.1. The van der Waals surface area contributed by atoms with Crippen LogP contribution in [0.25, 0.3) is 0 Å². The molecule has 1 aliphatic rings. The number of aromatic nitrogens is 1. The molecule has 0 aliphatic carbocycles. The van der Waals surface area contributed by atoms with E-state index in [1.807, 2.05) is 0 Å². The Morgan fingerprint density at radius 1 is 1.50 bits per heavy atom. The average Bonchev–Trinajstić information content (AvgIpc) is 2.91. The molecule has 108 valence electrons. The third-order valence-electron chi connectivity index (χ3n) is 3.15. The van der Waals surface area contributed by atoms with E-state index in [4.69, 9.17) is 4.74 Å². The van der Waals surface area contributed by atoms with E-state index in [0.717, 1.165) is 12.3 Å². The van der Waals surface area contributed by atoms with Gasteiger partial charge in [0, 0.05) is 12.7 Å². The lowest BCUT2D eigenvalue weighted by atomic mass is 10.2. The summed E-state index contributed by atoms with van der Waals surface area (Å²) >= 11 is 0. The van der Waals surface area contributed by atoms with Crippen LogP contribution in [0.1, 0.15) is 30.1 Å². The minimum atomic E-state index is -1.33. The first-order valence-corrected chi connectivity index (χ1v) is 6.33. The van der Waals surface area contributed by atoms with Crippen LogP contribution in [0.15, 0.2) is 12.3 Å². The maximum atomic E-state index is 13.6. The Morgan fingerprint density at radius 2 is 2.25 bits per heavy atom. The highest BCUT2D eigenvalue weighted by Crippen LogP contribution is 2.22. The summed E-state index contributed by atoms with van der Waals surface area (Å²) in [4.78, 5) is 28.3. The van der Waals surface area contributed by atoms with Crippen molar-refractivity contribution in [2.24, 2.45) is 0 Å². The molecule has 0 N–H and O–H groups in total. The van der Waals surface area contributed by atoms with Gasteiger partial charge in [-0.05, 0) is 25.8 Å². The van der Waals surface area contributed by atoms with Crippen LogP contribution >= 0.6 is 0 Å². The first kappa shape index (κ1) is 14.4. The molecule has 0 saturated carbocycles. The number of pyridine rings is 1. The van der Waals surface area contributed by atoms with E-state index in [1.165, 1.54) is 4.90 Å². The molecule has 0 radical (unpaired) electrons. The standard InChI is InChI=1S/C13H14F2N2O3/c1-2-20-13(19)9-4-3-7-17(9)12(18)8-5-6-16-11(15)10(8)14/h5-6,9H,2-4,7H2,1H3. The molecule has 1 saturated heterocycles. The predicted molar refractivity (Wildman–Crippen MR) is 64.8 cm³/mol. The zero-order valence-corrected chi connectivity index (χ0v) is 10.9. The zero-order chi connectivity index (χ0) is 14.7. The largest absolute Gasteiger partial charge is 0.464 e. The van der Waals surface area contributed by atoms with Crippen molar-refractivity contribution in [2.45, 2.75) is 25.8 Å². The lowest BCUT2D eigenvalue weighted by Crippen LogP contribution is -2.41. The highest BCUT2D eigenvalue weighted by molar-refractivity contribution is 5.97. The molecule has 2 heterocycles. The van der Waals surface area contributed by atoms with Gasteiger partial charge in [0.2, 0.25) is 5.95 Å². The number of esters is 1. The van der Waals surface area contributed by atoms with Gasteiger partial charge in [0.15, 0.2) is 5.82 Å². The smallest absolute Gasteiger partial charge is 0.328 e. The third-order valence-corrected chi connectivity index (χ3v) is 3.15. The first-order chi connectivity index (χ1) is 9.56. The molecule has 1 aromatic heterocycles. The molecular formula is C13H14F2N2O3. The van der Waals surface area contributed by atoms with Crippen molar-refractivity contribution in [3.8, 4) is 0 Å². The quantitative estimate of drug-likeness (QED) is 0.624. The Hall–Kier alpha value is -2.05. The summed E-state index contributed by atoms with van der Waals surface area (Å²) < 4.78 is 31.5. The monoisotopic (exact) mass is 284 g/mol. The number of nitrogens with zero attached hydrogens (tertiary/aromatic N) is 2. The van der Waals surface area contributed by atoms with Gasteiger partial charge in [-0.25, -0.2) is 14.2 Å². The summed E-state index contributed by atoms with van der Waals surface area (Å²) in [6.45, 7) is 2.18. The molecule has 7 heteroatoms. The molecule has 1 unspecified atom stereocenters. The number of likely N-dealkylation sites (tertiary alicyclic amines) is 1. The summed E-state index contributed by atoms with van der Waals surface area (Å²) in [5.41, 5.74) is -0.423. The lowest BCUT2D eigenvalue weighted by Gasteiger charge is -2.23. The fourth-order valence-electron chi connectivity index (χ4n) is 2.23. The summed E-state index contributed by atoms with van der Waals surface area (Å²) in [6, 6.07) is 0.361. The van der Waals surface area contributed by atoms with Crippen molar-refractivity contribution >= 4 is 11.9 Å². The molecule has 0 bridgehead atoms. The number of carbonyl (C=O) groups excluding carboxylic acids is 2. The zero-order valence-electron chi connectivity index (χ0n) is 10.9. The molecule has 1 amide bonds. The molecular weight excluding hydrogens is 270 g/mol. The number of rotatable bonds is 3. The first-order valence-electron chi connectivity index (χ1n) is 6.33. The Labute approximate surface area is 114 Å². The van der Waals surface area contributed by atoms with Crippen molar-refractivity contribution < 1.29 is 23.1 Å². The predicted octanol–water partition coefficient (Wildman–Crippen LogP) is 1.53. The van der Waals surface area contributed by atoms with Crippen LogP contribution in [-0.2, 0) is 9.53 Å². The summed E-state index contributed by atoms with van der Waals surface area (Å²) in [5, 5.41) is 0. The second-order valence-corrected chi connectivity index (χ2v) is 4.37. The van der Waals surface area contributed by atoms with Crippen LogP contribution in [-0.4, -0.2) is 41.0 Å². The van der Waals surface area contributed by atoms with Gasteiger partial charge in [-0.15, -0.1) is 0 Å². The highest BCUT2D eigenvalue weighted by atomic mass is 19.2. The summed E-state index contributed by atoms with van der Waals surface area (Å²) in [5.74, 6) is -3.87. The van der Waals surface area contributed by atoms with Gasteiger partial charge in [0.05, 0.1) is 12.2 Å².